The van der Waals surface area contributed by atoms with Crippen LogP contribution < -0.4 is 9.80 Å². The Balaban J connectivity index is 1.77. The standard InChI is InChI=1S/C28H23IN2O2/c1-30(26-19-11-9-17-24(26)29)28(33)23-16-8-10-18-25(23)31(20-21-12-4-2-5-13-21)27(32)22-14-6-3-7-15-22/h2-19H,20H2,1H3. The molecule has 4 nitrogen and oxygen atoms in total. The van der Waals surface area contributed by atoms with Gasteiger partial charge >= 0.3 is 0 Å². The minimum absolute atomic E-state index is 0.156. The second-order valence-corrected chi connectivity index (χ2v) is 8.74. The summed E-state index contributed by atoms with van der Waals surface area (Å²) in [4.78, 5) is 30.6. The number of nitrogens with zero attached hydrogens (tertiary/aromatic N) is 2. The van der Waals surface area contributed by atoms with Crippen LogP contribution in [0, 0.1) is 3.57 Å². The highest BCUT2D eigenvalue weighted by Crippen LogP contribution is 2.29. The van der Waals surface area contributed by atoms with E-state index in [4.69, 9.17) is 0 Å². The van der Waals surface area contributed by atoms with E-state index >= 15 is 0 Å². The van der Waals surface area contributed by atoms with Crippen molar-refractivity contribution in [1.82, 2.24) is 0 Å². The Morgan fingerprint density at radius 2 is 1.21 bits per heavy atom. The third-order valence-electron chi connectivity index (χ3n) is 5.39. The largest absolute Gasteiger partial charge is 0.310 e. The number of carbonyl (C=O) groups is 2. The third-order valence-corrected chi connectivity index (χ3v) is 6.31. The van der Waals surface area contributed by atoms with Crippen LogP contribution in [-0.4, -0.2) is 18.9 Å². The summed E-state index contributed by atoms with van der Waals surface area (Å²) in [6.07, 6.45) is 0. The quantitative estimate of drug-likeness (QED) is 0.262. The van der Waals surface area contributed by atoms with Gasteiger partial charge in [0.2, 0.25) is 0 Å². The Hall–Kier alpha value is -3.45. The van der Waals surface area contributed by atoms with Gasteiger partial charge in [-0.15, -0.1) is 0 Å². The highest BCUT2D eigenvalue weighted by atomic mass is 127. The molecular formula is C28H23IN2O2. The molecule has 33 heavy (non-hydrogen) atoms. The first-order valence-corrected chi connectivity index (χ1v) is 11.7. The summed E-state index contributed by atoms with van der Waals surface area (Å²) in [5.74, 6) is -0.328. The van der Waals surface area contributed by atoms with Gasteiger partial charge in [0.25, 0.3) is 11.8 Å². The zero-order valence-electron chi connectivity index (χ0n) is 18.2. The molecule has 0 radical (unpaired) electrons. The molecule has 0 aliphatic heterocycles. The molecule has 5 heteroatoms. The molecule has 2 amide bonds. The first-order chi connectivity index (χ1) is 16.1. The molecule has 164 valence electrons. The summed E-state index contributed by atoms with van der Waals surface area (Å²) in [5.41, 5.74) is 3.43. The van der Waals surface area contributed by atoms with Crippen LogP contribution in [0.4, 0.5) is 11.4 Å². The summed E-state index contributed by atoms with van der Waals surface area (Å²) in [7, 11) is 1.76. The lowest BCUT2D eigenvalue weighted by atomic mass is 10.1. The number of hydrogen-bond donors (Lipinski definition) is 0. The minimum Gasteiger partial charge on any atom is -0.310 e. The minimum atomic E-state index is -0.173. The molecule has 0 spiro atoms. The van der Waals surface area contributed by atoms with Crippen molar-refractivity contribution in [2.75, 3.05) is 16.8 Å². The van der Waals surface area contributed by atoms with Crippen molar-refractivity contribution in [3.05, 3.63) is 129 Å². The number of halogens is 1. The highest BCUT2D eigenvalue weighted by Gasteiger charge is 2.25. The Morgan fingerprint density at radius 1 is 0.667 bits per heavy atom. The molecule has 0 unspecified atom stereocenters. The van der Waals surface area contributed by atoms with Gasteiger partial charge in [0.15, 0.2) is 0 Å². The van der Waals surface area contributed by atoms with Crippen molar-refractivity contribution in [2.24, 2.45) is 0 Å². The summed E-state index contributed by atoms with van der Waals surface area (Å²) in [5, 5.41) is 0. The van der Waals surface area contributed by atoms with Crippen molar-refractivity contribution >= 4 is 45.8 Å². The SMILES string of the molecule is CN(C(=O)c1ccccc1N(Cc1ccccc1)C(=O)c1ccccc1)c1ccccc1I. The third kappa shape index (κ3) is 5.14. The number of para-hydroxylation sites is 2. The van der Waals surface area contributed by atoms with Crippen molar-refractivity contribution < 1.29 is 9.59 Å². The first-order valence-electron chi connectivity index (χ1n) is 10.6. The number of benzene rings is 4. The van der Waals surface area contributed by atoms with E-state index in [2.05, 4.69) is 22.6 Å². The van der Waals surface area contributed by atoms with Crippen LogP contribution in [0.25, 0.3) is 0 Å². The Labute approximate surface area is 207 Å². The second-order valence-electron chi connectivity index (χ2n) is 7.58. The van der Waals surface area contributed by atoms with Gasteiger partial charge in [0, 0.05) is 16.2 Å². The van der Waals surface area contributed by atoms with Crippen molar-refractivity contribution in [2.45, 2.75) is 6.54 Å². The maximum absolute atomic E-state index is 13.6. The Bertz CT molecular complexity index is 1260. The van der Waals surface area contributed by atoms with E-state index in [0.717, 1.165) is 14.8 Å². The van der Waals surface area contributed by atoms with Gasteiger partial charge < -0.3 is 9.80 Å². The van der Waals surface area contributed by atoms with Crippen LogP contribution in [-0.2, 0) is 6.54 Å². The van der Waals surface area contributed by atoms with E-state index in [9.17, 15) is 9.59 Å². The first kappa shape index (κ1) is 22.7. The second kappa shape index (κ2) is 10.4. The van der Waals surface area contributed by atoms with Crippen molar-refractivity contribution in [3.63, 3.8) is 0 Å². The number of hydrogen-bond acceptors (Lipinski definition) is 2. The summed E-state index contributed by atoms with van der Waals surface area (Å²) in [6, 6.07) is 34.0. The van der Waals surface area contributed by atoms with Gasteiger partial charge in [-0.1, -0.05) is 72.8 Å². The summed E-state index contributed by atoms with van der Waals surface area (Å²) < 4.78 is 0.977. The van der Waals surface area contributed by atoms with Gasteiger partial charge in [0.1, 0.15) is 0 Å². The monoisotopic (exact) mass is 546 g/mol. The number of rotatable bonds is 6. The highest BCUT2D eigenvalue weighted by molar-refractivity contribution is 14.1. The lowest BCUT2D eigenvalue weighted by Gasteiger charge is -2.27. The molecule has 0 saturated heterocycles. The molecule has 0 aliphatic carbocycles. The summed E-state index contributed by atoms with van der Waals surface area (Å²) >= 11 is 2.23. The molecule has 0 aromatic heterocycles. The molecule has 0 atom stereocenters. The van der Waals surface area contributed by atoms with Crippen LogP contribution in [0.5, 0.6) is 0 Å². The van der Waals surface area contributed by atoms with Crippen LogP contribution in [0.1, 0.15) is 26.3 Å². The summed E-state index contributed by atoms with van der Waals surface area (Å²) in [6.45, 7) is 0.353. The van der Waals surface area contributed by atoms with E-state index in [0.29, 0.717) is 23.4 Å². The smallest absolute Gasteiger partial charge is 0.260 e. The fraction of sp³-hybridized carbons (Fsp3) is 0.0714. The topological polar surface area (TPSA) is 40.6 Å². The lowest BCUT2D eigenvalue weighted by Crippen LogP contribution is -2.34. The lowest BCUT2D eigenvalue weighted by molar-refractivity contribution is 0.0984. The van der Waals surface area contributed by atoms with E-state index in [1.165, 1.54) is 0 Å². The predicted octanol–water partition coefficient (Wildman–Crippen LogP) is 6.41. The molecule has 0 N–H and O–H groups in total. The fourth-order valence-corrected chi connectivity index (χ4v) is 4.42. The zero-order valence-corrected chi connectivity index (χ0v) is 20.3. The van der Waals surface area contributed by atoms with Crippen LogP contribution >= 0.6 is 22.6 Å². The van der Waals surface area contributed by atoms with E-state index < -0.39 is 0 Å². The average Bonchev–Trinajstić information content (AvgIpc) is 2.87. The van der Waals surface area contributed by atoms with Crippen LogP contribution in [0.2, 0.25) is 0 Å². The normalized spacial score (nSPS) is 10.5. The van der Waals surface area contributed by atoms with Gasteiger partial charge in [-0.2, -0.15) is 0 Å². The molecule has 0 heterocycles. The number of anilines is 2. The molecular weight excluding hydrogens is 523 g/mol. The molecule has 0 saturated carbocycles. The number of amides is 2. The van der Waals surface area contributed by atoms with E-state index in [1.807, 2.05) is 91.0 Å². The molecule has 0 bridgehead atoms. The molecule has 0 fully saturated rings. The zero-order chi connectivity index (χ0) is 23.2. The molecule has 4 aromatic rings. The predicted molar refractivity (Wildman–Crippen MR) is 142 cm³/mol. The van der Waals surface area contributed by atoms with Crippen LogP contribution in [0.15, 0.2) is 109 Å². The van der Waals surface area contributed by atoms with Crippen molar-refractivity contribution in [1.29, 1.82) is 0 Å². The van der Waals surface area contributed by atoms with E-state index in [-0.39, 0.29) is 11.8 Å². The van der Waals surface area contributed by atoms with Gasteiger partial charge in [-0.25, -0.2) is 0 Å². The van der Waals surface area contributed by atoms with Gasteiger partial charge in [-0.3, -0.25) is 9.59 Å². The van der Waals surface area contributed by atoms with Crippen LogP contribution in [0.3, 0.4) is 0 Å². The average molecular weight is 546 g/mol. The Kier molecular flexibility index (Phi) is 7.19. The maximum atomic E-state index is 13.6. The van der Waals surface area contributed by atoms with Gasteiger partial charge in [0.05, 0.1) is 23.5 Å². The van der Waals surface area contributed by atoms with E-state index in [1.54, 1.807) is 35.0 Å². The molecule has 4 aromatic carbocycles. The molecule has 4 rings (SSSR count). The number of carbonyl (C=O) groups excluding carboxylic acids is 2. The fourth-order valence-electron chi connectivity index (χ4n) is 3.67. The maximum Gasteiger partial charge on any atom is 0.260 e. The Morgan fingerprint density at radius 3 is 1.88 bits per heavy atom. The molecule has 0 aliphatic rings. The van der Waals surface area contributed by atoms with Gasteiger partial charge in [-0.05, 0) is 64.6 Å². The van der Waals surface area contributed by atoms with Crippen molar-refractivity contribution in [3.8, 4) is 0 Å².